The molecule has 1 aliphatic rings. The van der Waals surface area contributed by atoms with Gasteiger partial charge in [-0.1, -0.05) is 12.1 Å². The van der Waals surface area contributed by atoms with Crippen LogP contribution in [0.4, 0.5) is 4.79 Å². The summed E-state index contributed by atoms with van der Waals surface area (Å²) in [7, 11) is 2.89. The molecule has 0 spiro atoms. The van der Waals surface area contributed by atoms with E-state index in [1.165, 1.54) is 12.0 Å². The van der Waals surface area contributed by atoms with Crippen molar-refractivity contribution in [2.24, 2.45) is 0 Å². The smallest absolute Gasteiger partial charge is 0.337 e. The highest BCUT2D eigenvalue weighted by molar-refractivity contribution is 5.94. The van der Waals surface area contributed by atoms with Crippen molar-refractivity contribution in [2.45, 2.75) is 13.0 Å². The lowest BCUT2D eigenvalue weighted by atomic mass is 9.95. The molecule has 0 bridgehead atoms. The molecule has 23 heavy (non-hydrogen) atoms. The summed E-state index contributed by atoms with van der Waals surface area (Å²) in [5.41, 5.74) is 1.63. The Hall–Kier alpha value is -3.01. The second-order valence-corrected chi connectivity index (χ2v) is 4.95. The summed E-state index contributed by atoms with van der Waals surface area (Å²) < 4.78 is 10.0. The molecule has 1 aromatic rings. The normalized spacial score (nSPS) is 17.4. The predicted molar refractivity (Wildman–Crippen MR) is 81.3 cm³/mol. The summed E-state index contributed by atoms with van der Waals surface area (Å²) in [4.78, 5) is 25.5. The Labute approximate surface area is 134 Å². The van der Waals surface area contributed by atoms with Crippen molar-refractivity contribution in [2.75, 3.05) is 20.8 Å². The number of nitriles is 1. The maximum atomic E-state index is 12.1. The number of urea groups is 1. The average Bonchev–Trinajstić information content (AvgIpc) is 2.57. The van der Waals surface area contributed by atoms with Crippen LogP contribution in [0.2, 0.25) is 0 Å². The van der Waals surface area contributed by atoms with Crippen molar-refractivity contribution in [3.63, 3.8) is 0 Å². The fourth-order valence-electron chi connectivity index (χ4n) is 2.33. The third-order valence-corrected chi connectivity index (χ3v) is 3.68. The number of esters is 1. The molecule has 7 nitrogen and oxygen atoms in total. The minimum absolute atomic E-state index is 0.0449. The highest BCUT2D eigenvalue weighted by Crippen LogP contribution is 2.31. The van der Waals surface area contributed by atoms with Crippen LogP contribution in [0.5, 0.6) is 5.75 Å². The van der Waals surface area contributed by atoms with Gasteiger partial charge in [0.05, 0.1) is 18.7 Å². The van der Waals surface area contributed by atoms with Crippen molar-refractivity contribution >= 4 is 12.0 Å². The van der Waals surface area contributed by atoms with Gasteiger partial charge >= 0.3 is 12.0 Å². The zero-order chi connectivity index (χ0) is 17.0. The highest BCUT2D eigenvalue weighted by atomic mass is 16.5. The Bertz CT molecular complexity index is 688. The number of methoxy groups -OCH3 is 1. The van der Waals surface area contributed by atoms with E-state index in [4.69, 9.17) is 14.7 Å². The van der Waals surface area contributed by atoms with Crippen molar-refractivity contribution in [1.29, 1.82) is 5.26 Å². The maximum Gasteiger partial charge on any atom is 0.337 e. The zero-order valence-corrected chi connectivity index (χ0v) is 13.1. The van der Waals surface area contributed by atoms with E-state index in [0.717, 1.165) is 5.56 Å². The van der Waals surface area contributed by atoms with Gasteiger partial charge in [0.25, 0.3) is 0 Å². The second kappa shape index (κ2) is 6.83. The molecule has 0 saturated carbocycles. The minimum atomic E-state index is -0.601. The van der Waals surface area contributed by atoms with Crippen molar-refractivity contribution < 1.29 is 19.1 Å². The number of ether oxygens (including phenoxy) is 2. The molecule has 1 heterocycles. The lowest BCUT2D eigenvalue weighted by Crippen LogP contribution is -2.46. The maximum absolute atomic E-state index is 12.1. The monoisotopic (exact) mass is 315 g/mol. The molecule has 0 saturated heterocycles. The van der Waals surface area contributed by atoms with Crippen molar-refractivity contribution in [3.05, 3.63) is 41.1 Å². The molecule has 2 rings (SSSR count). The molecule has 1 aromatic carbocycles. The highest BCUT2D eigenvalue weighted by Gasteiger charge is 2.34. The van der Waals surface area contributed by atoms with E-state index in [1.807, 2.05) is 6.07 Å². The standard InChI is InChI=1S/C16H17N3O4/c1-10-13(15(20)22-3)14(18-16(21)19(10)2)11-4-6-12(7-5-11)23-9-8-17/h4-7,14H,9H2,1-3H3,(H,18,21)/t14-/m1/s1. The van der Waals surface area contributed by atoms with Gasteiger partial charge in [-0.3, -0.25) is 0 Å². The Morgan fingerprint density at radius 1 is 1.39 bits per heavy atom. The van der Waals surface area contributed by atoms with Gasteiger partial charge in [0, 0.05) is 12.7 Å². The average molecular weight is 315 g/mol. The number of allylic oxidation sites excluding steroid dienone is 1. The number of carbonyl (C=O) groups is 2. The summed E-state index contributed by atoms with van der Waals surface area (Å²) in [6, 6.07) is 7.82. The molecule has 1 aliphatic heterocycles. The molecule has 1 N–H and O–H groups in total. The van der Waals surface area contributed by atoms with Gasteiger partial charge < -0.3 is 19.7 Å². The molecule has 1 atom stereocenters. The number of amides is 2. The van der Waals surface area contributed by atoms with Crippen LogP contribution in [0.1, 0.15) is 18.5 Å². The number of benzene rings is 1. The number of hydrogen-bond acceptors (Lipinski definition) is 5. The van der Waals surface area contributed by atoms with E-state index >= 15 is 0 Å². The molecular formula is C16H17N3O4. The van der Waals surface area contributed by atoms with Crippen LogP contribution in [0.25, 0.3) is 0 Å². The van der Waals surface area contributed by atoms with Crippen LogP contribution in [-0.2, 0) is 9.53 Å². The number of carbonyl (C=O) groups excluding carboxylic acids is 2. The summed E-state index contributed by atoms with van der Waals surface area (Å²) in [5, 5.41) is 11.3. The third-order valence-electron chi connectivity index (χ3n) is 3.68. The van der Waals surface area contributed by atoms with Gasteiger partial charge in [-0.2, -0.15) is 5.26 Å². The first kappa shape index (κ1) is 16.4. The van der Waals surface area contributed by atoms with Gasteiger partial charge in [-0.05, 0) is 24.6 Å². The molecule has 0 unspecified atom stereocenters. The first-order valence-electron chi connectivity index (χ1n) is 6.92. The van der Waals surface area contributed by atoms with E-state index in [-0.39, 0.29) is 12.6 Å². The fourth-order valence-corrected chi connectivity index (χ4v) is 2.33. The number of nitrogens with one attached hydrogen (secondary N) is 1. The molecule has 7 heteroatoms. The van der Waals surface area contributed by atoms with E-state index in [1.54, 1.807) is 38.2 Å². The number of nitrogens with zero attached hydrogens (tertiary/aromatic N) is 2. The molecule has 0 aliphatic carbocycles. The van der Waals surface area contributed by atoms with Crippen LogP contribution in [0, 0.1) is 11.3 Å². The lowest BCUT2D eigenvalue weighted by Gasteiger charge is -2.33. The minimum Gasteiger partial charge on any atom is -0.479 e. The first-order valence-corrected chi connectivity index (χ1v) is 6.92. The molecule has 0 radical (unpaired) electrons. The van der Waals surface area contributed by atoms with E-state index in [2.05, 4.69) is 5.32 Å². The number of hydrogen-bond donors (Lipinski definition) is 1. The molecule has 0 aromatic heterocycles. The molecule has 120 valence electrons. The van der Waals surface area contributed by atoms with Crippen LogP contribution >= 0.6 is 0 Å². The third kappa shape index (κ3) is 3.26. The van der Waals surface area contributed by atoms with E-state index < -0.39 is 12.0 Å². The summed E-state index contributed by atoms with van der Waals surface area (Å²) in [6.45, 7) is 1.65. The van der Waals surface area contributed by atoms with Gasteiger partial charge in [-0.25, -0.2) is 9.59 Å². The van der Waals surface area contributed by atoms with Crippen LogP contribution in [-0.4, -0.2) is 37.7 Å². The molecule has 0 fully saturated rings. The van der Waals surface area contributed by atoms with Gasteiger partial charge in [0.1, 0.15) is 11.8 Å². The van der Waals surface area contributed by atoms with E-state index in [0.29, 0.717) is 17.0 Å². The zero-order valence-electron chi connectivity index (χ0n) is 13.1. The summed E-state index contributed by atoms with van der Waals surface area (Å²) >= 11 is 0. The van der Waals surface area contributed by atoms with Crippen molar-refractivity contribution in [3.8, 4) is 11.8 Å². The van der Waals surface area contributed by atoms with E-state index in [9.17, 15) is 9.59 Å². The Morgan fingerprint density at radius 3 is 2.61 bits per heavy atom. The molecular weight excluding hydrogens is 298 g/mol. The van der Waals surface area contributed by atoms with Gasteiger partial charge in [0.2, 0.25) is 0 Å². The second-order valence-electron chi connectivity index (χ2n) is 4.95. The van der Waals surface area contributed by atoms with Gasteiger partial charge in [-0.15, -0.1) is 0 Å². The number of rotatable bonds is 4. The predicted octanol–water partition coefficient (Wildman–Crippen LogP) is 1.73. The topological polar surface area (TPSA) is 91.7 Å². The van der Waals surface area contributed by atoms with Crippen LogP contribution in [0.3, 0.4) is 0 Å². The summed E-state index contributed by atoms with van der Waals surface area (Å²) in [6.07, 6.45) is 0. The first-order chi connectivity index (χ1) is 11.0. The van der Waals surface area contributed by atoms with Gasteiger partial charge in [0.15, 0.2) is 6.61 Å². The SMILES string of the molecule is COC(=O)C1=C(C)N(C)C(=O)N[C@@H]1c1ccc(OCC#N)cc1. The lowest BCUT2D eigenvalue weighted by molar-refractivity contribution is -0.136. The summed E-state index contributed by atoms with van der Waals surface area (Å²) in [5.74, 6) is 0.0408. The Balaban J connectivity index is 2.37. The Morgan fingerprint density at radius 2 is 2.04 bits per heavy atom. The Kier molecular flexibility index (Phi) is 4.86. The fraction of sp³-hybridized carbons (Fsp3) is 0.312. The van der Waals surface area contributed by atoms with Crippen molar-refractivity contribution in [1.82, 2.24) is 10.2 Å². The molecule has 2 amide bonds. The quantitative estimate of drug-likeness (QED) is 0.854. The van der Waals surface area contributed by atoms with Crippen LogP contribution < -0.4 is 10.1 Å². The largest absolute Gasteiger partial charge is 0.479 e. The van der Waals surface area contributed by atoms with Crippen LogP contribution in [0.15, 0.2) is 35.5 Å².